The highest BCUT2D eigenvalue weighted by Gasteiger charge is 2.27. The van der Waals surface area contributed by atoms with Crippen molar-refractivity contribution >= 4 is 15.9 Å². The van der Waals surface area contributed by atoms with Gasteiger partial charge >= 0.3 is 0 Å². The van der Waals surface area contributed by atoms with Crippen molar-refractivity contribution in [2.24, 2.45) is 0 Å². The number of benzene rings is 1. The summed E-state index contributed by atoms with van der Waals surface area (Å²) in [5, 5.41) is 2.73. The number of amides is 1. The molecule has 1 aliphatic heterocycles. The maximum Gasteiger partial charge on any atom is 0.241 e. The fraction of sp³-hybridized carbons (Fsp3) is 0.562. The molecule has 0 aliphatic carbocycles. The molecular weight excluding hydrogens is 300 g/mol. The summed E-state index contributed by atoms with van der Waals surface area (Å²) in [7, 11) is -3.68. The van der Waals surface area contributed by atoms with Crippen molar-refractivity contribution in [3.05, 3.63) is 29.8 Å². The first-order valence-electron chi connectivity index (χ1n) is 7.61. The van der Waals surface area contributed by atoms with Crippen LogP contribution >= 0.6 is 0 Å². The van der Waals surface area contributed by atoms with Crippen LogP contribution in [0.2, 0.25) is 0 Å². The van der Waals surface area contributed by atoms with Crippen LogP contribution in [0.15, 0.2) is 29.2 Å². The number of hydrogen-bond acceptors (Lipinski definition) is 3. The van der Waals surface area contributed by atoms with E-state index in [1.165, 1.54) is 0 Å². The fourth-order valence-corrected chi connectivity index (χ4v) is 3.67. The van der Waals surface area contributed by atoms with Crippen molar-refractivity contribution in [1.29, 1.82) is 0 Å². The molecule has 1 fully saturated rings. The highest BCUT2D eigenvalue weighted by molar-refractivity contribution is 7.89. The fourth-order valence-electron chi connectivity index (χ4n) is 2.44. The second kappa shape index (κ2) is 6.38. The van der Waals surface area contributed by atoms with Crippen molar-refractivity contribution < 1.29 is 13.2 Å². The summed E-state index contributed by atoms with van der Waals surface area (Å²) in [5.41, 5.74) is 1.04. The van der Waals surface area contributed by atoms with Gasteiger partial charge in [-0.25, -0.2) is 8.42 Å². The molecule has 1 heterocycles. The Morgan fingerprint density at radius 3 is 2.36 bits per heavy atom. The molecule has 0 aromatic heterocycles. The third kappa shape index (κ3) is 4.08. The number of sulfonamides is 1. The molecule has 1 amide bonds. The lowest BCUT2D eigenvalue weighted by molar-refractivity contribution is -0.122. The standard InChI is InChI=1S/C16H24N2O3S/c1-16(2,3)12-7-9-13(10-8-12)22(20,21)18-14-6-4-5-11-17-15(14)19/h7-10,14,18H,4-6,11H2,1-3H3,(H,17,19)/t14-/m1/s1. The summed E-state index contributed by atoms with van der Waals surface area (Å²) < 4.78 is 27.4. The summed E-state index contributed by atoms with van der Waals surface area (Å²) >= 11 is 0. The van der Waals surface area contributed by atoms with Crippen molar-refractivity contribution in [3.63, 3.8) is 0 Å². The predicted molar refractivity (Wildman–Crippen MR) is 86.1 cm³/mol. The molecule has 5 nitrogen and oxygen atoms in total. The third-order valence-electron chi connectivity index (χ3n) is 3.86. The summed E-state index contributed by atoms with van der Waals surface area (Å²) in [6.07, 6.45) is 2.24. The van der Waals surface area contributed by atoms with Gasteiger partial charge in [-0.15, -0.1) is 0 Å². The normalized spacial score (nSPS) is 20.3. The van der Waals surface area contributed by atoms with Gasteiger partial charge in [-0.1, -0.05) is 32.9 Å². The zero-order chi connectivity index (χ0) is 16.4. The number of hydrogen-bond donors (Lipinski definition) is 2. The van der Waals surface area contributed by atoms with Crippen LogP contribution in [-0.4, -0.2) is 26.9 Å². The van der Waals surface area contributed by atoms with E-state index >= 15 is 0 Å². The van der Waals surface area contributed by atoms with Gasteiger partial charge in [0.1, 0.15) is 6.04 Å². The zero-order valence-electron chi connectivity index (χ0n) is 13.3. The molecule has 6 heteroatoms. The Kier molecular flexibility index (Phi) is 4.92. The highest BCUT2D eigenvalue weighted by atomic mass is 32.2. The first-order valence-corrected chi connectivity index (χ1v) is 9.09. The predicted octanol–water partition coefficient (Wildman–Crippen LogP) is 1.93. The number of carbonyl (C=O) groups is 1. The smallest absolute Gasteiger partial charge is 0.241 e. The van der Waals surface area contributed by atoms with E-state index in [0.717, 1.165) is 18.4 Å². The van der Waals surface area contributed by atoms with Crippen LogP contribution in [0.25, 0.3) is 0 Å². The van der Waals surface area contributed by atoms with E-state index in [2.05, 4.69) is 30.8 Å². The second-order valence-corrected chi connectivity index (χ2v) is 8.45. The minimum Gasteiger partial charge on any atom is -0.355 e. The number of carbonyl (C=O) groups excluding carboxylic acids is 1. The van der Waals surface area contributed by atoms with Gasteiger partial charge in [0.2, 0.25) is 15.9 Å². The maximum absolute atomic E-state index is 12.4. The minimum absolute atomic E-state index is 0.0309. The largest absolute Gasteiger partial charge is 0.355 e. The Bertz CT molecular complexity index is 630. The van der Waals surface area contributed by atoms with Crippen LogP contribution < -0.4 is 10.0 Å². The molecule has 0 unspecified atom stereocenters. The lowest BCUT2D eigenvalue weighted by Gasteiger charge is -2.20. The van der Waals surface area contributed by atoms with Crippen LogP contribution in [0.5, 0.6) is 0 Å². The Balaban J connectivity index is 2.17. The lowest BCUT2D eigenvalue weighted by Crippen LogP contribution is -2.45. The monoisotopic (exact) mass is 324 g/mol. The van der Waals surface area contributed by atoms with Gasteiger partial charge in [-0.05, 0) is 42.4 Å². The lowest BCUT2D eigenvalue weighted by atomic mass is 9.87. The summed E-state index contributed by atoms with van der Waals surface area (Å²) in [6.45, 7) is 6.83. The highest BCUT2D eigenvalue weighted by Crippen LogP contribution is 2.23. The molecule has 1 saturated heterocycles. The molecule has 122 valence electrons. The summed E-state index contributed by atoms with van der Waals surface area (Å²) in [4.78, 5) is 12.1. The topological polar surface area (TPSA) is 75.3 Å². The van der Waals surface area contributed by atoms with E-state index < -0.39 is 16.1 Å². The van der Waals surface area contributed by atoms with Gasteiger partial charge in [0.25, 0.3) is 0 Å². The Hall–Kier alpha value is -1.40. The molecule has 1 atom stereocenters. The molecule has 1 aliphatic rings. The van der Waals surface area contributed by atoms with Gasteiger partial charge in [-0.3, -0.25) is 4.79 Å². The Labute approximate surface area is 132 Å². The number of rotatable bonds is 3. The van der Waals surface area contributed by atoms with E-state index in [0.29, 0.717) is 13.0 Å². The van der Waals surface area contributed by atoms with E-state index in [4.69, 9.17) is 0 Å². The van der Waals surface area contributed by atoms with Gasteiger partial charge in [0.05, 0.1) is 4.90 Å². The van der Waals surface area contributed by atoms with Crippen LogP contribution in [0.4, 0.5) is 0 Å². The molecule has 2 rings (SSSR count). The molecule has 0 spiro atoms. The van der Waals surface area contributed by atoms with Crippen molar-refractivity contribution in [1.82, 2.24) is 10.0 Å². The average Bonchev–Trinajstić information content (AvgIpc) is 2.63. The van der Waals surface area contributed by atoms with E-state index in [1.54, 1.807) is 12.1 Å². The van der Waals surface area contributed by atoms with Crippen molar-refractivity contribution in [2.75, 3.05) is 6.54 Å². The van der Waals surface area contributed by atoms with Gasteiger partial charge in [0.15, 0.2) is 0 Å². The molecular formula is C16H24N2O3S. The van der Waals surface area contributed by atoms with E-state index in [-0.39, 0.29) is 16.2 Å². The number of nitrogens with one attached hydrogen (secondary N) is 2. The van der Waals surface area contributed by atoms with Gasteiger partial charge in [0, 0.05) is 6.54 Å². The first-order chi connectivity index (χ1) is 10.2. The van der Waals surface area contributed by atoms with Crippen LogP contribution in [-0.2, 0) is 20.2 Å². The SMILES string of the molecule is CC(C)(C)c1ccc(S(=O)(=O)N[C@@H]2CCCCNC2=O)cc1. The van der Waals surface area contributed by atoms with Crippen LogP contribution in [0.1, 0.15) is 45.6 Å². The molecule has 0 radical (unpaired) electrons. The molecule has 0 bridgehead atoms. The minimum atomic E-state index is -3.68. The Morgan fingerprint density at radius 2 is 1.77 bits per heavy atom. The Morgan fingerprint density at radius 1 is 1.14 bits per heavy atom. The molecule has 2 N–H and O–H groups in total. The third-order valence-corrected chi connectivity index (χ3v) is 5.35. The first kappa shape index (κ1) is 17.0. The molecule has 22 heavy (non-hydrogen) atoms. The molecule has 1 aromatic carbocycles. The quantitative estimate of drug-likeness (QED) is 0.892. The molecule has 0 saturated carbocycles. The maximum atomic E-state index is 12.4. The van der Waals surface area contributed by atoms with E-state index in [1.807, 2.05) is 12.1 Å². The second-order valence-electron chi connectivity index (χ2n) is 6.74. The van der Waals surface area contributed by atoms with Gasteiger partial charge < -0.3 is 5.32 Å². The zero-order valence-corrected chi connectivity index (χ0v) is 14.2. The van der Waals surface area contributed by atoms with Crippen molar-refractivity contribution in [3.8, 4) is 0 Å². The van der Waals surface area contributed by atoms with Crippen LogP contribution in [0, 0.1) is 0 Å². The average molecular weight is 324 g/mol. The van der Waals surface area contributed by atoms with E-state index in [9.17, 15) is 13.2 Å². The van der Waals surface area contributed by atoms with Crippen LogP contribution in [0.3, 0.4) is 0 Å². The van der Waals surface area contributed by atoms with Gasteiger partial charge in [-0.2, -0.15) is 4.72 Å². The van der Waals surface area contributed by atoms with Crippen molar-refractivity contribution in [2.45, 2.75) is 56.4 Å². The summed E-state index contributed by atoms with van der Waals surface area (Å²) in [5.74, 6) is -0.243. The summed E-state index contributed by atoms with van der Waals surface area (Å²) in [6, 6.07) is 6.15. The molecule has 1 aromatic rings.